The maximum absolute atomic E-state index is 12.7. The molecule has 0 saturated heterocycles. The van der Waals surface area contributed by atoms with Crippen LogP contribution in [0.5, 0.6) is 0 Å². The normalized spacial score (nSPS) is 14.2. The third kappa shape index (κ3) is 45.8. The molecule has 356 valence electrons. The summed E-state index contributed by atoms with van der Waals surface area (Å²) < 4.78 is 33.5. The van der Waals surface area contributed by atoms with Crippen LogP contribution < -0.4 is 5.73 Å². The number of rotatable bonds is 47. The number of phosphoric ester groups is 1. The van der Waals surface area contributed by atoms with Crippen molar-refractivity contribution in [2.24, 2.45) is 5.73 Å². The van der Waals surface area contributed by atoms with Crippen LogP contribution in [0.25, 0.3) is 0 Å². The molecule has 11 heteroatoms. The molecule has 0 aliphatic heterocycles. The van der Waals surface area contributed by atoms with Gasteiger partial charge in [0.1, 0.15) is 12.1 Å². The average Bonchev–Trinajstić information content (AvgIpc) is 3.24. The van der Waals surface area contributed by atoms with Gasteiger partial charge in [-0.1, -0.05) is 210 Å². The van der Waals surface area contributed by atoms with Crippen molar-refractivity contribution in [3.8, 4) is 0 Å². The summed E-state index contributed by atoms with van der Waals surface area (Å²) in [6, 6.07) is -1.47. The second-order valence-corrected chi connectivity index (χ2v) is 18.0. The molecule has 0 rings (SSSR count). The highest BCUT2D eigenvalue weighted by atomic mass is 31.2. The van der Waals surface area contributed by atoms with Crippen molar-refractivity contribution in [3.63, 3.8) is 0 Å². The SMILES string of the molecule is CC/C=C\C/C=C\C/C=C\C/C=C\CCCCCCCCCCCCCOCC(COP(=O)(O)OCC(N)C(=O)O)OC(=O)CCCCCCCCCCCCCCCCC. The number of hydrogen-bond donors (Lipinski definition) is 3. The van der Waals surface area contributed by atoms with Crippen LogP contribution in [-0.2, 0) is 32.7 Å². The van der Waals surface area contributed by atoms with Gasteiger partial charge in [-0.2, -0.15) is 0 Å². The first kappa shape index (κ1) is 58.9. The lowest BCUT2D eigenvalue weighted by Gasteiger charge is -2.20. The van der Waals surface area contributed by atoms with Crippen LogP contribution >= 0.6 is 7.82 Å². The lowest BCUT2D eigenvalue weighted by Crippen LogP contribution is -2.34. The Morgan fingerprint density at radius 2 is 0.951 bits per heavy atom. The number of carboxylic acid groups (broad SMARTS) is 1. The molecule has 0 aliphatic carbocycles. The maximum Gasteiger partial charge on any atom is 0.472 e. The van der Waals surface area contributed by atoms with Crippen molar-refractivity contribution in [3.05, 3.63) is 48.6 Å². The van der Waals surface area contributed by atoms with Gasteiger partial charge in [0.15, 0.2) is 0 Å². The van der Waals surface area contributed by atoms with E-state index in [0.717, 1.165) is 57.8 Å². The predicted molar refractivity (Wildman–Crippen MR) is 254 cm³/mol. The van der Waals surface area contributed by atoms with Gasteiger partial charge in [-0.05, 0) is 51.4 Å². The molecule has 0 fully saturated rings. The Hall–Kier alpha value is -2.07. The minimum absolute atomic E-state index is 0.0165. The van der Waals surface area contributed by atoms with Gasteiger partial charge in [-0.25, -0.2) is 4.57 Å². The van der Waals surface area contributed by atoms with Gasteiger partial charge >= 0.3 is 19.8 Å². The van der Waals surface area contributed by atoms with E-state index >= 15 is 0 Å². The second-order valence-electron chi connectivity index (χ2n) is 16.6. The molecule has 10 nitrogen and oxygen atoms in total. The Balaban J connectivity index is 4.12. The first-order valence-corrected chi connectivity index (χ1v) is 26.2. The van der Waals surface area contributed by atoms with Crippen molar-refractivity contribution in [1.82, 2.24) is 0 Å². The molecule has 0 radical (unpaired) electrons. The van der Waals surface area contributed by atoms with E-state index in [1.54, 1.807) is 0 Å². The third-order valence-electron chi connectivity index (χ3n) is 10.6. The van der Waals surface area contributed by atoms with E-state index in [1.807, 2.05) is 0 Å². The van der Waals surface area contributed by atoms with Crippen LogP contribution in [-0.4, -0.2) is 60.5 Å². The zero-order valence-corrected chi connectivity index (χ0v) is 39.9. The lowest BCUT2D eigenvalue weighted by atomic mass is 10.0. The van der Waals surface area contributed by atoms with Crippen molar-refractivity contribution >= 4 is 19.8 Å². The molecule has 0 heterocycles. The number of esters is 1. The van der Waals surface area contributed by atoms with Gasteiger partial charge in [-0.15, -0.1) is 0 Å². The number of allylic oxidation sites excluding steroid dienone is 8. The number of nitrogens with two attached hydrogens (primary N) is 1. The molecule has 0 aromatic carbocycles. The van der Waals surface area contributed by atoms with Gasteiger partial charge in [0.25, 0.3) is 0 Å². The number of carboxylic acids is 1. The molecule has 0 spiro atoms. The Kier molecular flexibility index (Phi) is 44.4. The van der Waals surface area contributed by atoms with Gasteiger partial charge in [0.05, 0.1) is 19.8 Å². The van der Waals surface area contributed by atoms with Crippen molar-refractivity contribution < 1.29 is 42.7 Å². The standard InChI is InChI=1S/C50H92NO9P/c1-3-5-7-9-11-13-15-17-19-20-21-22-23-24-25-26-27-29-31-33-35-37-39-41-43-57-44-47(45-58-61(55,56)59-46-48(51)50(53)54)60-49(52)42-40-38-36-34-32-30-28-18-16-14-12-10-8-6-4-2/h5,7,11,13,17,19,21-22,47-48H,3-4,6,8-10,12,14-16,18,20,23-46,51H2,1-2H3,(H,53,54)(H,55,56)/b7-5-,13-11-,19-17-,22-21-. The van der Waals surface area contributed by atoms with Gasteiger partial charge < -0.3 is 25.2 Å². The summed E-state index contributed by atoms with van der Waals surface area (Å²) >= 11 is 0. The fraction of sp³-hybridized carbons (Fsp3) is 0.800. The number of hydrogen-bond acceptors (Lipinski definition) is 8. The summed E-state index contributed by atoms with van der Waals surface area (Å²) in [5, 5.41) is 8.92. The highest BCUT2D eigenvalue weighted by molar-refractivity contribution is 7.47. The number of carbonyl (C=O) groups excluding carboxylic acids is 1. The highest BCUT2D eigenvalue weighted by Crippen LogP contribution is 2.43. The minimum Gasteiger partial charge on any atom is -0.480 e. The Labute approximate surface area is 373 Å². The smallest absolute Gasteiger partial charge is 0.472 e. The van der Waals surface area contributed by atoms with Crippen molar-refractivity contribution in [1.29, 1.82) is 0 Å². The number of phosphoric acid groups is 1. The van der Waals surface area contributed by atoms with Crippen molar-refractivity contribution in [2.45, 2.75) is 231 Å². The third-order valence-corrected chi connectivity index (χ3v) is 11.6. The maximum atomic E-state index is 12.7. The second kappa shape index (κ2) is 45.9. The Morgan fingerprint density at radius 1 is 0.541 bits per heavy atom. The molecule has 0 aromatic heterocycles. The highest BCUT2D eigenvalue weighted by Gasteiger charge is 2.27. The zero-order valence-electron chi connectivity index (χ0n) is 39.0. The summed E-state index contributed by atoms with van der Waals surface area (Å²) in [5.74, 6) is -1.77. The molecule has 4 N–H and O–H groups in total. The Bertz CT molecular complexity index is 1160. The van der Waals surface area contributed by atoms with Gasteiger partial charge in [0.2, 0.25) is 0 Å². The number of ether oxygens (including phenoxy) is 2. The van der Waals surface area contributed by atoms with E-state index in [1.165, 1.54) is 135 Å². The largest absolute Gasteiger partial charge is 0.480 e. The molecule has 0 saturated carbocycles. The summed E-state index contributed by atoms with van der Waals surface area (Å²) in [7, 11) is -4.62. The fourth-order valence-electron chi connectivity index (χ4n) is 6.83. The summed E-state index contributed by atoms with van der Waals surface area (Å²) in [4.78, 5) is 33.6. The van der Waals surface area contributed by atoms with E-state index in [4.69, 9.17) is 29.4 Å². The van der Waals surface area contributed by atoms with E-state index in [-0.39, 0.29) is 13.0 Å². The number of aliphatic carboxylic acids is 1. The van der Waals surface area contributed by atoms with Crippen LogP contribution in [0.4, 0.5) is 0 Å². The number of unbranched alkanes of at least 4 members (excludes halogenated alkanes) is 25. The molecule has 61 heavy (non-hydrogen) atoms. The Morgan fingerprint density at radius 3 is 1.43 bits per heavy atom. The topological polar surface area (TPSA) is 155 Å². The zero-order chi connectivity index (χ0) is 44.8. The minimum atomic E-state index is -4.62. The van der Waals surface area contributed by atoms with Gasteiger partial charge in [-0.3, -0.25) is 18.6 Å². The van der Waals surface area contributed by atoms with E-state index in [9.17, 15) is 19.0 Å². The molecule has 3 unspecified atom stereocenters. The molecule has 0 amide bonds. The van der Waals surface area contributed by atoms with E-state index < -0.39 is 45.1 Å². The molecule has 0 aliphatic rings. The monoisotopic (exact) mass is 882 g/mol. The lowest BCUT2D eigenvalue weighted by molar-refractivity contribution is -0.154. The summed E-state index contributed by atoms with van der Waals surface area (Å²) in [5.41, 5.74) is 5.37. The van der Waals surface area contributed by atoms with E-state index in [2.05, 4.69) is 62.5 Å². The quantitative estimate of drug-likeness (QED) is 0.0233. The molecular formula is C50H92NO9P. The summed E-state index contributed by atoms with van der Waals surface area (Å²) in [6.45, 7) is 3.79. The first-order chi connectivity index (χ1) is 29.7. The van der Waals surface area contributed by atoms with Crippen LogP contribution in [0.2, 0.25) is 0 Å². The molecule has 0 bridgehead atoms. The van der Waals surface area contributed by atoms with Crippen LogP contribution in [0.1, 0.15) is 219 Å². The average molecular weight is 882 g/mol. The molecular weight excluding hydrogens is 790 g/mol. The van der Waals surface area contributed by atoms with Crippen molar-refractivity contribution in [2.75, 3.05) is 26.4 Å². The number of carbonyl (C=O) groups is 2. The summed E-state index contributed by atoms with van der Waals surface area (Å²) in [6.07, 6.45) is 54.5. The van der Waals surface area contributed by atoms with Crippen LogP contribution in [0.15, 0.2) is 48.6 Å². The first-order valence-electron chi connectivity index (χ1n) is 24.7. The van der Waals surface area contributed by atoms with Gasteiger partial charge in [0, 0.05) is 13.0 Å². The van der Waals surface area contributed by atoms with Crippen LogP contribution in [0, 0.1) is 0 Å². The predicted octanol–water partition coefficient (Wildman–Crippen LogP) is 14.2. The molecule has 3 atom stereocenters. The van der Waals surface area contributed by atoms with Crippen LogP contribution in [0.3, 0.4) is 0 Å². The fourth-order valence-corrected chi connectivity index (χ4v) is 7.61. The van der Waals surface area contributed by atoms with E-state index in [0.29, 0.717) is 13.0 Å². The molecule has 0 aromatic rings.